The van der Waals surface area contributed by atoms with E-state index in [-0.39, 0.29) is 6.04 Å². The molecule has 0 spiro atoms. The molecule has 0 saturated heterocycles. The maximum absolute atomic E-state index is 6.04. The maximum Gasteiger partial charge on any atom is 0.244 e. The first kappa shape index (κ1) is 12.5. The third-order valence-corrected chi connectivity index (χ3v) is 2.87. The Morgan fingerprint density at radius 1 is 1.35 bits per heavy atom. The van der Waals surface area contributed by atoms with E-state index in [2.05, 4.69) is 25.1 Å². The molecule has 0 bridgehead atoms. The lowest BCUT2D eigenvalue weighted by Crippen LogP contribution is -2.14. The van der Waals surface area contributed by atoms with E-state index in [0.717, 1.165) is 11.4 Å². The van der Waals surface area contributed by atoms with Gasteiger partial charge in [0.1, 0.15) is 5.69 Å². The van der Waals surface area contributed by atoms with Gasteiger partial charge < -0.3 is 15.2 Å². The van der Waals surface area contributed by atoms with Crippen molar-refractivity contribution < 1.29 is 4.52 Å². The van der Waals surface area contributed by atoms with Crippen LogP contribution in [0.15, 0.2) is 35.2 Å². The zero-order valence-corrected chi connectivity index (χ0v) is 10.9. The highest BCUT2D eigenvalue weighted by atomic mass is 16.5. The van der Waals surface area contributed by atoms with Crippen molar-refractivity contribution in [2.24, 2.45) is 5.73 Å². The molecular weight excluding hydrogens is 256 g/mol. The van der Waals surface area contributed by atoms with Crippen molar-refractivity contribution in [3.05, 3.63) is 48.0 Å². The number of hydrogen-bond donors (Lipinski definition) is 2. The number of nitrogens with one attached hydrogen (secondary N) is 1. The Balaban J connectivity index is 1.79. The summed E-state index contributed by atoms with van der Waals surface area (Å²) in [5.74, 6) is 0.835. The molecule has 0 saturated carbocycles. The Morgan fingerprint density at radius 3 is 3.00 bits per heavy atom. The monoisotopic (exact) mass is 270 g/mol. The van der Waals surface area contributed by atoms with E-state index in [1.807, 2.05) is 25.1 Å². The molecule has 0 amide bonds. The molecule has 3 N–H and O–H groups in total. The highest BCUT2D eigenvalue weighted by Gasteiger charge is 2.17. The number of aromatic amines is 1. The number of aromatic nitrogens is 5. The molecule has 3 aromatic rings. The molecule has 20 heavy (non-hydrogen) atoms. The first-order valence-corrected chi connectivity index (χ1v) is 6.23. The van der Waals surface area contributed by atoms with Crippen LogP contribution in [0.1, 0.15) is 23.3 Å². The van der Waals surface area contributed by atoms with Crippen LogP contribution in [0.5, 0.6) is 0 Å². The van der Waals surface area contributed by atoms with Crippen LogP contribution in [0, 0.1) is 6.92 Å². The second kappa shape index (κ2) is 5.22. The molecule has 0 unspecified atom stereocenters. The van der Waals surface area contributed by atoms with Gasteiger partial charge in [0.25, 0.3) is 0 Å². The number of aryl methyl sites for hydroxylation is 1. The minimum Gasteiger partial charge on any atom is -0.348 e. The standard InChI is InChI=1S/C13H14N6O/c1-8-3-2-4-11(17-8)12-18-13(20-19-12)10(14)5-9-6-15-7-16-9/h2-4,6-7,10H,5,14H2,1H3,(H,15,16)/t10-/m1/s1. The Labute approximate surface area is 115 Å². The van der Waals surface area contributed by atoms with Gasteiger partial charge >= 0.3 is 0 Å². The summed E-state index contributed by atoms with van der Waals surface area (Å²) < 4.78 is 5.21. The van der Waals surface area contributed by atoms with Crippen LogP contribution < -0.4 is 5.73 Å². The summed E-state index contributed by atoms with van der Waals surface area (Å²) in [6.45, 7) is 1.91. The summed E-state index contributed by atoms with van der Waals surface area (Å²) in [4.78, 5) is 15.6. The van der Waals surface area contributed by atoms with Crippen LogP contribution in [-0.4, -0.2) is 25.1 Å². The third kappa shape index (κ3) is 2.57. The first-order valence-electron chi connectivity index (χ1n) is 6.23. The number of imidazole rings is 1. The molecular formula is C13H14N6O. The van der Waals surface area contributed by atoms with Crippen molar-refractivity contribution in [1.82, 2.24) is 25.1 Å². The molecule has 0 aliphatic heterocycles. The Bertz CT molecular complexity index is 690. The van der Waals surface area contributed by atoms with Gasteiger partial charge in [0.2, 0.25) is 11.7 Å². The van der Waals surface area contributed by atoms with Gasteiger partial charge in [-0.3, -0.25) is 0 Å². The molecule has 3 heterocycles. The molecule has 0 aromatic carbocycles. The molecule has 0 radical (unpaired) electrons. The van der Waals surface area contributed by atoms with Crippen LogP contribution in [0.3, 0.4) is 0 Å². The van der Waals surface area contributed by atoms with Gasteiger partial charge in [-0.05, 0) is 19.1 Å². The number of hydrogen-bond acceptors (Lipinski definition) is 6. The van der Waals surface area contributed by atoms with E-state index in [9.17, 15) is 0 Å². The SMILES string of the molecule is Cc1cccc(-c2noc([C@H](N)Cc3cnc[nH]3)n2)n1. The number of pyridine rings is 1. The molecule has 7 heteroatoms. The number of H-pyrrole nitrogens is 1. The average molecular weight is 270 g/mol. The summed E-state index contributed by atoms with van der Waals surface area (Å²) in [6, 6.07) is 5.27. The number of nitrogens with zero attached hydrogens (tertiary/aromatic N) is 4. The summed E-state index contributed by atoms with van der Waals surface area (Å²) in [6.07, 6.45) is 3.89. The van der Waals surface area contributed by atoms with Gasteiger partial charge in [-0.25, -0.2) is 9.97 Å². The van der Waals surface area contributed by atoms with Crippen LogP contribution in [-0.2, 0) is 6.42 Å². The van der Waals surface area contributed by atoms with E-state index in [0.29, 0.717) is 23.8 Å². The fraction of sp³-hybridized carbons (Fsp3) is 0.231. The van der Waals surface area contributed by atoms with Gasteiger partial charge in [-0.2, -0.15) is 4.98 Å². The normalized spacial score (nSPS) is 12.5. The van der Waals surface area contributed by atoms with Crippen LogP contribution >= 0.6 is 0 Å². The predicted molar refractivity (Wildman–Crippen MR) is 71.5 cm³/mol. The van der Waals surface area contributed by atoms with Gasteiger partial charge in [-0.1, -0.05) is 11.2 Å². The van der Waals surface area contributed by atoms with Crippen molar-refractivity contribution in [3.63, 3.8) is 0 Å². The van der Waals surface area contributed by atoms with E-state index in [4.69, 9.17) is 10.3 Å². The van der Waals surface area contributed by atoms with E-state index >= 15 is 0 Å². The lowest BCUT2D eigenvalue weighted by molar-refractivity contribution is 0.354. The van der Waals surface area contributed by atoms with E-state index < -0.39 is 0 Å². The van der Waals surface area contributed by atoms with Gasteiger partial charge in [0.15, 0.2) is 0 Å². The summed E-state index contributed by atoms with van der Waals surface area (Å²) >= 11 is 0. The quantitative estimate of drug-likeness (QED) is 0.742. The summed E-state index contributed by atoms with van der Waals surface area (Å²) in [7, 11) is 0. The van der Waals surface area contributed by atoms with Crippen LogP contribution in [0.2, 0.25) is 0 Å². The maximum atomic E-state index is 6.04. The molecule has 0 aliphatic rings. The molecule has 1 atom stereocenters. The van der Waals surface area contributed by atoms with Crippen molar-refractivity contribution in [3.8, 4) is 11.5 Å². The molecule has 102 valence electrons. The van der Waals surface area contributed by atoms with Gasteiger partial charge in [0.05, 0.1) is 12.4 Å². The van der Waals surface area contributed by atoms with Gasteiger partial charge in [-0.15, -0.1) is 0 Å². The fourth-order valence-electron chi connectivity index (χ4n) is 1.88. The molecule has 0 fully saturated rings. The molecule has 3 rings (SSSR count). The minimum absolute atomic E-state index is 0.374. The van der Waals surface area contributed by atoms with Crippen molar-refractivity contribution in [1.29, 1.82) is 0 Å². The highest BCUT2D eigenvalue weighted by molar-refractivity contribution is 5.48. The first-order chi connectivity index (χ1) is 9.72. The predicted octanol–water partition coefficient (Wildman–Crippen LogP) is 1.41. The second-order valence-electron chi connectivity index (χ2n) is 4.51. The minimum atomic E-state index is -0.374. The van der Waals surface area contributed by atoms with Gasteiger partial charge in [0, 0.05) is 24.0 Å². The molecule has 0 aliphatic carbocycles. The second-order valence-corrected chi connectivity index (χ2v) is 4.51. The van der Waals surface area contributed by atoms with Crippen molar-refractivity contribution in [2.45, 2.75) is 19.4 Å². The lowest BCUT2D eigenvalue weighted by Gasteiger charge is -2.03. The Morgan fingerprint density at radius 2 is 2.25 bits per heavy atom. The fourth-order valence-corrected chi connectivity index (χ4v) is 1.88. The number of nitrogens with two attached hydrogens (primary N) is 1. The van der Waals surface area contributed by atoms with Crippen LogP contribution in [0.4, 0.5) is 0 Å². The zero-order chi connectivity index (χ0) is 13.9. The topological polar surface area (TPSA) is 107 Å². The van der Waals surface area contributed by atoms with Crippen LogP contribution in [0.25, 0.3) is 11.5 Å². The molecule has 7 nitrogen and oxygen atoms in total. The van der Waals surface area contributed by atoms with E-state index in [1.54, 1.807) is 12.5 Å². The largest absolute Gasteiger partial charge is 0.348 e. The van der Waals surface area contributed by atoms with E-state index in [1.165, 1.54) is 0 Å². The molecule has 3 aromatic heterocycles. The summed E-state index contributed by atoms with van der Waals surface area (Å²) in [5.41, 5.74) is 8.54. The zero-order valence-electron chi connectivity index (χ0n) is 10.9. The Kier molecular flexibility index (Phi) is 3.26. The third-order valence-electron chi connectivity index (χ3n) is 2.87. The highest BCUT2D eigenvalue weighted by Crippen LogP contribution is 2.18. The van der Waals surface area contributed by atoms with Crippen molar-refractivity contribution in [2.75, 3.05) is 0 Å². The Hall–Kier alpha value is -2.54. The summed E-state index contributed by atoms with van der Waals surface area (Å²) in [5, 5.41) is 3.92. The van der Waals surface area contributed by atoms with Crippen molar-refractivity contribution >= 4 is 0 Å². The number of rotatable bonds is 4. The average Bonchev–Trinajstić information content (AvgIpc) is 3.09. The smallest absolute Gasteiger partial charge is 0.244 e. The lowest BCUT2D eigenvalue weighted by atomic mass is 10.2.